The predicted molar refractivity (Wildman–Crippen MR) is 122 cm³/mol. The van der Waals surface area contributed by atoms with E-state index in [2.05, 4.69) is 5.32 Å². The molecule has 1 aliphatic carbocycles. The van der Waals surface area contributed by atoms with Crippen molar-refractivity contribution in [3.05, 3.63) is 94.0 Å². The molecule has 1 amide bonds. The minimum Gasteiger partial charge on any atom is -0.489 e. The first-order valence-electron chi connectivity index (χ1n) is 10.1. The van der Waals surface area contributed by atoms with Crippen molar-refractivity contribution in [2.45, 2.75) is 37.7 Å². The first kappa shape index (κ1) is 20.8. The van der Waals surface area contributed by atoms with Gasteiger partial charge in [0.25, 0.3) is 0 Å². The van der Waals surface area contributed by atoms with Crippen molar-refractivity contribution in [3.8, 4) is 5.75 Å². The molecule has 154 valence electrons. The number of benzene rings is 3. The van der Waals surface area contributed by atoms with E-state index in [1.807, 2.05) is 60.7 Å². The summed E-state index contributed by atoms with van der Waals surface area (Å²) < 4.78 is 5.83. The van der Waals surface area contributed by atoms with Gasteiger partial charge in [-0.25, -0.2) is 0 Å². The van der Waals surface area contributed by atoms with Crippen molar-refractivity contribution in [1.82, 2.24) is 0 Å². The van der Waals surface area contributed by atoms with Crippen LogP contribution in [0.5, 0.6) is 5.75 Å². The number of carbonyl (C=O) groups excluding carboxylic acids is 1. The maximum atomic E-state index is 13.3. The second-order valence-electron chi connectivity index (χ2n) is 7.67. The summed E-state index contributed by atoms with van der Waals surface area (Å²) in [4.78, 5) is 13.3. The highest BCUT2D eigenvalue weighted by Crippen LogP contribution is 2.45. The maximum absolute atomic E-state index is 13.3. The molecular weight excluding hydrogens is 417 g/mol. The van der Waals surface area contributed by atoms with E-state index in [1.54, 1.807) is 12.1 Å². The first-order valence-corrected chi connectivity index (χ1v) is 10.9. The highest BCUT2D eigenvalue weighted by atomic mass is 35.5. The van der Waals surface area contributed by atoms with Crippen molar-refractivity contribution < 1.29 is 9.53 Å². The number of rotatable bonds is 6. The number of halogens is 2. The molecule has 0 aromatic heterocycles. The third-order valence-corrected chi connectivity index (χ3v) is 6.25. The minimum absolute atomic E-state index is 0.0258. The molecule has 0 bridgehead atoms. The van der Waals surface area contributed by atoms with E-state index in [1.165, 1.54) is 0 Å². The summed E-state index contributed by atoms with van der Waals surface area (Å²) in [5.74, 6) is 0.732. The van der Waals surface area contributed by atoms with Crippen LogP contribution in [0.4, 0.5) is 5.69 Å². The van der Waals surface area contributed by atoms with Crippen molar-refractivity contribution in [3.63, 3.8) is 0 Å². The Hall–Kier alpha value is -2.49. The lowest BCUT2D eigenvalue weighted by Gasteiger charge is -2.29. The molecule has 5 heteroatoms. The van der Waals surface area contributed by atoms with Crippen molar-refractivity contribution in [2.24, 2.45) is 0 Å². The van der Waals surface area contributed by atoms with E-state index in [4.69, 9.17) is 27.9 Å². The van der Waals surface area contributed by atoms with E-state index in [0.717, 1.165) is 48.2 Å². The molecule has 4 rings (SSSR count). The Morgan fingerprint density at radius 3 is 2.30 bits per heavy atom. The van der Waals surface area contributed by atoms with E-state index in [-0.39, 0.29) is 5.91 Å². The predicted octanol–water partition coefficient (Wildman–Crippen LogP) is 7.02. The molecule has 3 aromatic carbocycles. The van der Waals surface area contributed by atoms with Crippen LogP contribution in [0.1, 0.15) is 36.8 Å². The second-order valence-corrected chi connectivity index (χ2v) is 8.51. The standard InChI is InChI=1S/C25H23Cl2NO2/c26-19-8-13-22(23(27)16-19)25(14-4-5-15-25)24(29)28-20-9-11-21(12-10-20)30-17-18-6-2-1-3-7-18/h1-3,6-13,16H,4-5,14-15,17H2,(H,28,29). The van der Waals surface area contributed by atoms with Crippen LogP contribution in [0.15, 0.2) is 72.8 Å². The van der Waals surface area contributed by atoms with Crippen LogP contribution >= 0.6 is 23.2 Å². The quantitative estimate of drug-likeness (QED) is 0.447. The van der Waals surface area contributed by atoms with Gasteiger partial charge in [-0.3, -0.25) is 4.79 Å². The molecule has 1 fully saturated rings. The summed E-state index contributed by atoms with van der Waals surface area (Å²) >= 11 is 12.5. The number of hydrogen-bond donors (Lipinski definition) is 1. The molecule has 1 aliphatic rings. The van der Waals surface area contributed by atoms with E-state index < -0.39 is 5.41 Å². The summed E-state index contributed by atoms with van der Waals surface area (Å²) in [7, 11) is 0. The van der Waals surface area contributed by atoms with Gasteiger partial charge in [0, 0.05) is 15.7 Å². The minimum atomic E-state index is -0.621. The fraction of sp³-hybridized carbons (Fsp3) is 0.240. The number of carbonyl (C=O) groups is 1. The van der Waals surface area contributed by atoms with Crippen LogP contribution in [0.2, 0.25) is 10.0 Å². The number of ether oxygens (including phenoxy) is 1. The van der Waals surface area contributed by atoms with Gasteiger partial charge in [-0.15, -0.1) is 0 Å². The molecule has 0 atom stereocenters. The molecular formula is C25H23Cl2NO2. The van der Waals surface area contributed by atoms with Crippen LogP contribution in [0.25, 0.3) is 0 Å². The lowest BCUT2D eigenvalue weighted by atomic mass is 9.78. The zero-order valence-electron chi connectivity index (χ0n) is 16.5. The highest BCUT2D eigenvalue weighted by molar-refractivity contribution is 6.35. The third kappa shape index (κ3) is 4.48. The Morgan fingerprint density at radius 2 is 1.63 bits per heavy atom. The van der Waals surface area contributed by atoms with Gasteiger partial charge >= 0.3 is 0 Å². The Kier molecular flexibility index (Phi) is 6.31. The van der Waals surface area contributed by atoms with Crippen LogP contribution in [0, 0.1) is 0 Å². The molecule has 30 heavy (non-hydrogen) atoms. The van der Waals surface area contributed by atoms with Gasteiger partial charge in [-0.05, 0) is 60.4 Å². The molecule has 1 saturated carbocycles. The fourth-order valence-electron chi connectivity index (χ4n) is 4.10. The van der Waals surface area contributed by atoms with Gasteiger partial charge < -0.3 is 10.1 Å². The molecule has 0 spiro atoms. The van der Waals surface area contributed by atoms with Crippen LogP contribution in [0.3, 0.4) is 0 Å². The summed E-state index contributed by atoms with van der Waals surface area (Å²) in [6.45, 7) is 0.505. The molecule has 0 aliphatic heterocycles. The van der Waals surface area contributed by atoms with E-state index in [0.29, 0.717) is 16.7 Å². The number of anilines is 1. The molecule has 1 N–H and O–H groups in total. The zero-order valence-corrected chi connectivity index (χ0v) is 18.0. The topological polar surface area (TPSA) is 38.3 Å². The summed E-state index contributed by atoms with van der Waals surface area (Å²) in [6, 6.07) is 22.9. The van der Waals surface area contributed by atoms with E-state index in [9.17, 15) is 4.79 Å². The Balaban J connectivity index is 1.46. The summed E-state index contributed by atoms with van der Waals surface area (Å²) in [5.41, 5.74) is 2.08. The van der Waals surface area contributed by atoms with Crippen molar-refractivity contribution in [2.75, 3.05) is 5.32 Å². The maximum Gasteiger partial charge on any atom is 0.235 e. The highest BCUT2D eigenvalue weighted by Gasteiger charge is 2.44. The fourth-order valence-corrected chi connectivity index (χ4v) is 4.69. The van der Waals surface area contributed by atoms with Crippen LogP contribution in [-0.4, -0.2) is 5.91 Å². The van der Waals surface area contributed by atoms with Gasteiger partial charge in [0.2, 0.25) is 5.91 Å². The smallest absolute Gasteiger partial charge is 0.235 e. The summed E-state index contributed by atoms with van der Waals surface area (Å²) in [5, 5.41) is 4.20. The lowest BCUT2D eigenvalue weighted by Crippen LogP contribution is -2.38. The largest absolute Gasteiger partial charge is 0.489 e. The monoisotopic (exact) mass is 439 g/mol. The number of nitrogens with one attached hydrogen (secondary N) is 1. The second kappa shape index (κ2) is 9.11. The van der Waals surface area contributed by atoms with Gasteiger partial charge in [0.05, 0.1) is 5.41 Å². The Labute approximate surface area is 187 Å². The molecule has 0 saturated heterocycles. The number of amides is 1. The molecule has 0 heterocycles. The number of hydrogen-bond acceptors (Lipinski definition) is 2. The lowest BCUT2D eigenvalue weighted by molar-refractivity contribution is -0.121. The van der Waals surface area contributed by atoms with Gasteiger partial charge in [0.15, 0.2) is 0 Å². The van der Waals surface area contributed by atoms with Crippen molar-refractivity contribution in [1.29, 1.82) is 0 Å². The normalized spacial score (nSPS) is 15.0. The average Bonchev–Trinajstić information content (AvgIpc) is 3.25. The molecule has 0 unspecified atom stereocenters. The SMILES string of the molecule is O=C(Nc1ccc(OCc2ccccc2)cc1)C1(c2ccc(Cl)cc2Cl)CCCC1. The molecule has 0 radical (unpaired) electrons. The van der Waals surface area contributed by atoms with Crippen LogP contribution in [-0.2, 0) is 16.8 Å². The zero-order chi connectivity index (χ0) is 21.0. The van der Waals surface area contributed by atoms with Gasteiger partial charge in [0.1, 0.15) is 12.4 Å². The third-order valence-electron chi connectivity index (χ3n) is 5.70. The van der Waals surface area contributed by atoms with Crippen LogP contribution < -0.4 is 10.1 Å². The van der Waals surface area contributed by atoms with Gasteiger partial charge in [-0.1, -0.05) is 72.4 Å². The first-order chi connectivity index (χ1) is 14.6. The van der Waals surface area contributed by atoms with Gasteiger partial charge in [-0.2, -0.15) is 0 Å². The Bertz CT molecular complexity index is 1010. The average molecular weight is 440 g/mol. The van der Waals surface area contributed by atoms with Crippen molar-refractivity contribution >= 4 is 34.8 Å². The van der Waals surface area contributed by atoms with E-state index >= 15 is 0 Å². The molecule has 3 nitrogen and oxygen atoms in total. The molecule has 3 aromatic rings. The Morgan fingerprint density at radius 1 is 0.933 bits per heavy atom. The summed E-state index contributed by atoms with van der Waals surface area (Å²) in [6.07, 6.45) is 3.55.